The number of carbonyl (C=O) groups excluding carboxylic acids is 1. The van der Waals surface area contributed by atoms with Crippen molar-refractivity contribution in [2.75, 3.05) is 7.11 Å². The fourth-order valence-electron chi connectivity index (χ4n) is 4.25. The molecule has 6 heteroatoms. The van der Waals surface area contributed by atoms with E-state index in [1.54, 1.807) is 0 Å². The van der Waals surface area contributed by atoms with Crippen LogP contribution in [-0.4, -0.2) is 42.8 Å². The largest absolute Gasteiger partial charge is 0.481 e. The van der Waals surface area contributed by atoms with Crippen LogP contribution in [0.2, 0.25) is 0 Å². The summed E-state index contributed by atoms with van der Waals surface area (Å²) < 4.78 is 5.36. The van der Waals surface area contributed by atoms with E-state index in [0.29, 0.717) is 23.0 Å². The van der Waals surface area contributed by atoms with E-state index in [1.165, 1.54) is 20.0 Å². The molecule has 0 amide bonds. The van der Waals surface area contributed by atoms with Gasteiger partial charge in [0.1, 0.15) is 12.5 Å². The number of nitrogens with two attached hydrogens (primary N) is 1. The highest BCUT2D eigenvalue weighted by Crippen LogP contribution is 2.55. The van der Waals surface area contributed by atoms with Crippen LogP contribution in [0.1, 0.15) is 59.8 Å². The van der Waals surface area contributed by atoms with Gasteiger partial charge in [-0.25, -0.2) is 0 Å². The Balaban J connectivity index is 2.62. The standard InChI is InChI=1S/C18H34N2O4/c1-17(2)8-9-18(3,4)14(17)7-6-13(19)16(24-5)20-12(11-21)10-15(22)23/h11-14,16,20H,6-10,19H2,1-5H3,(H,22,23)/t12-,13?,16?/m1/s1. The lowest BCUT2D eigenvalue weighted by Gasteiger charge is -2.37. The third-order valence-corrected chi connectivity index (χ3v) is 5.67. The summed E-state index contributed by atoms with van der Waals surface area (Å²) in [5.41, 5.74) is 6.87. The molecule has 0 saturated heterocycles. The average molecular weight is 342 g/mol. The van der Waals surface area contributed by atoms with Crippen molar-refractivity contribution >= 4 is 12.3 Å². The maximum absolute atomic E-state index is 11.0. The highest BCUT2D eigenvalue weighted by atomic mass is 16.5. The summed E-state index contributed by atoms with van der Waals surface area (Å²) in [6, 6.07) is -1.09. The topological polar surface area (TPSA) is 102 Å². The predicted molar refractivity (Wildman–Crippen MR) is 93.5 cm³/mol. The van der Waals surface area contributed by atoms with Gasteiger partial charge in [0.2, 0.25) is 0 Å². The third kappa shape index (κ3) is 5.53. The van der Waals surface area contributed by atoms with Gasteiger partial charge in [0.15, 0.2) is 0 Å². The Hall–Kier alpha value is -0.980. The van der Waals surface area contributed by atoms with Crippen molar-refractivity contribution in [3.8, 4) is 0 Å². The van der Waals surface area contributed by atoms with E-state index >= 15 is 0 Å². The SMILES string of the molecule is COC(N[C@@H](C=O)CC(=O)O)C(N)CCC1C(C)(C)CCC1(C)C. The third-order valence-electron chi connectivity index (χ3n) is 5.67. The van der Waals surface area contributed by atoms with Gasteiger partial charge in [-0.3, -0.25) is 10.1 Å². The molecule has 140 valence electrons. The van der Waals surface area contributed by atoms with Gasteiger partial charge in [0, 0.05) is 13.2 Å². The van der Waals surface area contributed by atoms with Crippen molar-refractivity contribution in [1.29, 1.82) is 0 Å². The first-order chi connectivity index (χ1) is 11.0. The van der Waals surface area contributed by atoms with Gasteiger partial charge in [-0.1, -0.05) is 27.7 Å². The van der Waals surface area contributed by atoms with Crippen LogP contribution >= 0.6 is 0 Å². The summed E-state index contributed by atoms with van der Waals surface area (Å²) in [5, 5.41) is 11.7. The Kier molecular flexibility index (Phi) is 7.38. The van der Waals surface area contributed by atoms with Gasteiger partial charge in [-0.15, -0.1) is 0 Å². The number of methoxy groups -OCH3 is 1. The highest BCUT2D eigenvalue weighted by Gasteiger charge is 2.46. The summed E-state index contributed by atoms with van der Waals surface area (Å²) in [7, 11) is 1.52. The Morgan fingerprint density at radius 3 is 2.29 bits per heavy atom. The molecule has 4 N–H and O–H groups in total. The second kappa shape index (κ2) is 8.41. The maximum Gasteiger partial charge on any atom is 0.305 e. The number of hydrogen-bond donors (Lipinski definition) is 3. The number of hydrogen-bond acceptors (Lipinski definition) is 5. The first-order valence-corrected chi connectivity index (χ1v) is 8.75. The quantitative estimate of drug-likeness (QED) is 0.415. The zero-order valence-electron chi connectivity index (χ0n) is 15.7. The van der Waals surface area contributed by atoms with Gasteiger partial charge in [0.05, 0.1) is 12.5 Å². The molecule has 0 spiro atoms. The monoisotopic (exact) mass is 342 g/mol. The van der Waals surface area contributed by atoms with Gasteiger partial charge in [0.25, 0.3) is 0 Å². The molecular formula is C18H34N2O4. The van der Waals surface area contributed by atoms with Crippen LogP contribution in [0.5, 0.6) is 0 Å². The molecule has 1 saturated carbocycles. The van der Waals surface area contributed by atoms with Crippen LogP contribution < -0.4 is 11.1 Å². The number of carboxylic acid groups (broad SMARTS) is 1. The summed E-state index contributed by atoms with van der Waals surface area (Å²) in [4.78, 5) is 21.8. The molecule has 0 heterocycles. The Labute approximate surface area is 145 Å². The lowest BCUT2D eigenvalue weighted by molar-refractivity contribution is -0.138. The van der Waals surface area contributed by atoms with Gasteiger partial charge >= 0.3 is 5.97 Å². The van der Waals surface area contributed by atoms with E-state index < -0.39 is 18.2 Å². The second-order valence-electron chi connectivity index (χ2n) is 8.43. The van der Waals surface area contributed by atoms with Crippen molar-refractivity contribution in [2.45, 2.75) is 78.1 Å². The van der Waals surface area contributed by atoms with Crippen LogP contribution in [0, 0.1) is 16.7 Å². The molecule has 24 heavy (non-hydrogen) atoms. The second-order valence-corrected chi connectivity index (χ2v) is 8.43. The van der Waals surface area contributed by atoms with E-state index in [0.717, 1.165) is 12.8 Å². The molecule has 1 fully saturated rings. The summed E-state index contributed by atoms with van der Waals surface area (Å²) in [6.07, 6.45) is 3.98. The lowest BCUT2D eigenvalue weighted by atomic mass is 9.70. The van der Waals surface area contributed by atoms with Crippen LogP contribution in [0.25, 0.3) is 0 Å². The molecule has 0 aromatic rings. The predicted octanol–water partition coefficient (Wildman–Crippen LogP) is 2.16. The van der Waals surface area contributed by atoms with E-state index in [-0.39, 0.29) is 12.5 Å². The van der Waals surface area contributed by atoms with E-state index in [9.17, 15) is 9.59 Å². The number of ether oxygens (including phenoxy) is 1. The van der Waals surface area contributed by atoms with Gasteiger partial charge in [-0.2, -0.15) is 0 Å². The van der Waals surface area contributed by atoms with Crippen molar-refractivity contribution < 1.29 is 19.4 Å². The molecule has 2 unspecified atom stereocenters. The van der Waals surface area contributed by atoms with E-state index in [4.69, 9.17) is 15.6 Å². The number of carboxylic acids is 1. The molecule has 1 aliphatic carbocycles. The Morgan fingerprint density at radius 1 is 1.33 bits per heavy atom. The average Bonchev–Trinajstić information content (AvgIpc) is 2.69. The van der Waals surface area contributed by atoms with Crippen molar-refractivity contribution in [3.05, 3.63) is 0 Å². The zero-order valence-corrected chi connectivity index (χ0v) is 15.7. The van der Waals surface area contributed by atoms with Gasteiger partial charge < -0.3 is 20.4 Å². The molecule has 0 bridgehead atoms. The summed E-state index contributed by atoms with van der Waals surface area (Å²) in [5.74, 6) is -0.452. The minimum absolute atomic E-state index is 0.279. The van der Waals surface area contributed by atoms with E-state index in [2.05, 4.69) is 33.0 Å². The minimum Gasteiger partial charge on any atom is -0.481 e. The Morgan fingerprint density at radius 2 is 1.88 bits per heavy atom. The Bertz CT molecular complexity index is 421. The van der Waals surface area contributed by atoms with E-state index in [1.807, 2.05) is 0 Å². The zero-order chi connectivity index (χ0) is 18.5. The smallest absolute Gasteiger partial charge is 0.305 e. The molecule has 0 aliphatic heterocycles. The summed E-state index contributed by atoms with van der Waals surface area (Å²) in [6.45, 7) is 9.27. The fourth-order valence-corrected chi connectivity index (χ4v) is 4.25. The molecule has 1 aliphatic rings. The molecular weight excluding hydrogens is 308 g/mol. The molecule has 3 atom stereocenters. The number of aldehydes is 1. The number of rotatable bonds is 10. The fraction of sp³-hybridized carbons (Fsp3) is 0.889. The normalized spacial score (nSPS) is 23.6. The van der Waals surface area contributed by atoms with Crippen LogP contribution in [0.3, 0.4) is 0 Å². The van der Waals surface area contributed by atoms with Gasteiger partial charge in [-0.05, 0) is 42.4 Å². The van der Waals surface area contributed by atoms with Crippen LogP contribution in [0.15, 0.2) is 0 Å². The molecule has 0 radical (unpaired) electrons. The molecule has 6 nitrogen and oxygen atoms in total. The van der Waals surface area contributed by atoms with Crippen LogP contribution in [-0.2, 0) is 14.3 Å². The van der Waals surface area contributed by atoms with Crippen molar-refractivity contribution in [3.63, 3.8) is 0 Å². The maximum atomic E-state index is 11.0. The number of carbonyl (C=O) groups is 2. The summed E-state index contributed by atoms with van der Waals surface area (Å²) >= 11 is 0. The first-order valence-electron chi connectivity index (χ1n) is 8.75. The van der Waals surface area contributed by atoms with Crippen molar-refractivity contribution in [1.82, 2.24) is 5.32 Å². The molecule has 1 rings (SSSR count). The van der Waals surface area contributed by atoms with Crippen LogP contribution in [0.4, 0.5) is 0 Å². The molecule has 0 aromatic carbocycles. The lowest BCUT2D eigenvalue weighted by Crippen LogP contribution is -2.51. The molecule has 0 aromatic heterocycles. The highest BCUT2D eigenvalue weighted by molar-refractivity contribution is 5.73. The minimum atomic E-state index is -1.03. The number of nitrogens with one attached hydrogen (secondary N) is 1. The first kappa shape index (κ1) is 21.1. The number of aliphatic carboxylic acids is 1. The van der Waals surface area contributed by atoms with Crippen molar-refractivity contribution in [2.24, 2.45) is 22.5 Å².